The number of primary amides is 1. The average Bonchev–Trinajstić information content (AvgIpc) is 3.41. The van der Waals surface area contributed by atoms with Gasteiger partial charge in [-0.15, -0.1) is 21.5 Å². The fourth-order valence-electron chi connectivity index (χ4n) is 5.11. The van der Waals surface area contributed by atoms with Crippen LogP contribution in [-0.4, -0.2) is 88.4 Å². The number of carbonyl (C=O) groups is 2. The Morgan fingerprint density at radius 1 is 1.13 bits per heavy atom. The van der Waals surface area contributed by atoms with Crippen LogP contribution >= 0.6 is 22.9 Å². The summed E-state index contributed by atoms with van der Waals surface area (Å²) in [4.78, 5) is 35.7. The lowest BCUT2D eigenvalue weighted by Crippen LogP contribution is -2.45. The van der Waals surface area contributed by atoms with Gasteiger partial charge in [-0.25, -0.2) is 0 Å². The van der Waals surface area contributed by atoms with Crippen LogP contribution in [0.3, 0.4) is 0 Å². The predicted octanol–water partition coefficient (Wildman–Crippen LogP) is 2.73. The molecule has 1 unspecified atom stereocenters. The van der Waals surface area contributed by atoms with Crippen molar-refractivity contribution in [1.29, 1.82) is 0 Å². The van der Waals surface area contributed by atoms with E-state index in [-0.39, 0.29) is 12.3 Å². The van der Waals surface area contributed by atoms with Gasteiger partial charge in [0.05, 0.1) is 17.0 Å². The summed E-state index contributed by atoms with van der Waals surface area (Å²) in [6.45, 7) is 9.56. The number of aryl methyl sites for hydroxylation is 1. The first-order valence-electron chi connectivity index (χ1n) is 13.1. The Morgan fingerprint density at radius 3 is 2.54 bits per heavy atom. The third-order valence-electron chi connectivity index (χ3n) is 7.29. The van der Waals surface area contributed by atoms with Crippen LogP contribution in [0, 0.1) is 13.8 Å². The maximum atomic E-state index is 13.1. The van der Waals surface area contributed by atoms with Gasteiger partial charge in [-0.05, 0) is 51.6 Å². The third-order valence-corrected chi connectivity index (χ3v) is 8.83. The second kappa shape index (κ2) is 11.5. The molecule has 4 heterocycles. The maximum Gasteiger partial charge on any atom is 0.259 e. The van der Waals surface area contributed by atoms with Crippen molar-refractivity contribution in [2.24, 2.45) is 10.7 Å². The zero-order chi connectivity index (χ0) is 27.7. The molecule has 0 radical (unpaired) electrons. The predicted molar refractivity (Wildman–Crippen MR) is 153 cm³/mol. The van der Waals surface area contributed by atoms with Gasteiger partial charge in [-0.1, -0.05) is 23.7 Å². The summed E-state index contributed by atoms with van der Waals surface area (Å²) in [5.41, 5.74) is 8.74. The number of hydrogen-bond acceptors (Lipinski definition) is 8. The number of hydrogen-bond donors (Lipinski definition) is 2. The van der Waals surface area contributed by atoms with Gasteiger partial charge >= 0.3 is 0 Å². The summed E-state index contributed by atoms with van der Waals surface area (Å²) in [6, 6.07) is 6.81. The van der Waals surface area contributed by atoms with Crippen LogP contribution in [0.2, 0.25) is 5.02 Å². The second-order valence-corrected chi connectivity index (χ2v) is 11.5. The topological polar surface area (TPSA) is 122 Å². The zero-order valence-electron chi connectivity index (χ0n) is 22.4. The molecule has 3 N–H and O–H groups in total. The molecular formula is C27H33ClN8O2S. The van der Waals surface area contributed by atoms with Gasteiger partial charge < -0.3 is 20.9 Å². The molecule has 0 aliphatic carbocycles. The van der Waals surface area contributed by atoms with Crippen LogP contribution in [0.1, 0.15) is 56.9 Å². The first-order valence-corrected chi connectivity index (χ1v) is 14.3. The van der Waals surface area contributed by atoms with Crippen LogP contribution in [0.5, 0.6) is 0 Å². The number of rotatable bonds is 8. The maximum absolute atomic E-state index is 13.1. The molecule has 2 aromatic heterocycles. The summed E-state index contributed by atoms with van der Waals surface area (Å²) in [5, 5.41) is 13.2. The molecule has 0 bridgehead atoms. The van der Waals surface area contributed by atoms with Gasteiger partial charge in [0.25, 0.3) is 5.91 Å². The summed E-state index contributed by atoms with van der Waals surface area (Å²) in [7, 11) is 2.14. The number of aliphatic imine (C=N–C) groups is 1. The second-order valence-electron chi connectivity index (χ2n) is 10.1. The van der Waals surface area contributed by atoms with Gasteiger partial charge in [0.15, 0.2) is 5.82 Å². The first kappa shape index (κ1) is 27.4. The minimum atomic E-state index is -0.564. The molecule has 3 aromatic rings. The highest BCUT2D eigenvalue weighted by molar-refractivity contribution is 7.17. The van der Waals surface area contributed by atoms with E-state index in [1.54, 1.807) is 12.1 Å². The highest BCUT2D eigenvalue weighted by atomic mass is 35.5. The lowest BCUT2D eigenvalue weighted by atomic mass is 9.99. The quantitative estimate of drug-likeness (QED) is 0.403. The third kappa shape index (κ3) is 5.76. The number of halogens is 1. The number of carbonyl (C=O) groups excluding carboxylic acids is 2. The molecule has 5 rings (SSSR count). The van der Waals surface area contributed by atoms with Crippen molar-refractivity contribution in [3.05, 3.63) is 62.5 Å². The van der Waals surface area contributed by atoms with E-state index in [9.17, 15) is 9.59 Å². The number of amides is 2. The Bertz CT molecular complexity index is 1410. The minimum absolute atomic E-state index is 0.0930. The lowest BCUT2D eigenvalue weighted by Gasteiger charge is -2.32. The number of nitrogens with two attached hydrogens (primary N) is 1. The van der Waals surface area contributed by atoms with Crippen molar-refractivity contribution in [2.45, 2.75) is 32.7 Å². The Kier molecular flexibility index (Phi) is 8.13. The Labute approximate surface area is 236 Å². The van der Waals surface area contributed by atoms with E-state index in [2.05, 4.69) is 32.4 Å². The fraction of sp³-hybridized carbons (Fsp3) is 0.444. The molecule has 1 atom stereocenters. The number of piperazine rings is 1. The van der Waals surface area contributed by atoms with Crippen molar-refractivity contribution in [3.63, 3.8) is 0 Å². The summed E-state index contributed by atoms with van der Waals surface area (Å²) in [5.74, 6) is 0.613. The summed E-state index contributed by atoms with van der Waals surface area (Å²) in [6.07, 6.45) is 1.02. The Morgan fingerprint density at radius 2 is 1.85 bits per heavy atom. The minimum Gasteiger partial charge on any atom is -0.365 e. The molecule has 10 nitrogen and oxygen atoms in total. The van der Waals surface area contributed by atoms with Gasteiger partial charge in [0, 0.05) is 48.9 Å². The molecule has 39 heavy (non-hydrogen) atoms. The van der Waals surface area contributed by atoms with Crippen LogP contribution in [0.25, 0.3) is 5.00 Å². The standard InChI is InChI=1S/C27H33ClN8O2S/c1-16-22-23(18-5-7-19(28)8-6-18)31-20(15-21(37)30-9-4-10-35-13-11-34(3)12-14-35)26-33-32-17(2)36(26)27(22)39-24(16)25(29)38/h5-8,20H,4,9-15H2,1-3H3,(H2,29,38)(H,30,37). The number of aromatic nitrogens is 3. The van der Waals surface area contributed by atoms with Crippen molar-refractivity contribution in [1.82, 2.24) is 29.9 Å². The van der Waals surface area contributed by atoms with Crippen molar-refractivity contribution >= 4 is 40.5 Å². The Balaban J connectivity index is 1.42. The van der Waals surface area contributed by atoms with E-state index in [0.717, 1.165) is 60.8 Å². The highest BCUT2D eigenvalue weighted by Crippen LogP contribution is 2.39. The van der Waals surface area contributed by atoms with Crippen molar-refractivity contribution in [3.8, 4) is 5.00 Å². The number of likely N-dealkylation sites (N-methyl/N-ethyl adjacent to an activating group) is 1. The van der Waals surface area contributed by atoms with E-state index in [4.69, 9.17) is 22.3 Å². The number of nitrogens with one attached hydrogen (secondary N) is 1. The summed E-state index contributed by atoms with van der Waals surface area (Å²) < 4.78 is 1.90. The number of benzene rings is 1. The zero-order valence-corrected chi connectivity index (χ0v) is 24.0. The van der Waals surface area contributed by atoms with E-state index in [1.807, 2.05) is 30.5 Å². The summed E-state index contributed by atoms with van der Waals surface area (Å²) >= 11 is 7.46. The van der Waals surface area contributed by atoms with E-state index in [0.29, 0.717) is 33.8 Å². The molecule has 1 fully saturated rings. The molecule has 2 amide bonds. The van der Waals surface area contributed by atoms with Crippen LogP contribution < -0.4 is 11.1 Å². The van der Waals surface area contributed by atoms with Crippen molar-refractivity contribution < 1.29 is 9.59 Å². The normalized spacial score (nSPS) is 17.7. The molecule has 1 saturated heterocycles. The average molecular weight is 569 g/mol. The van der Waals surface area contributed by atoms with Gasteiger partial charge in [-0.2, -0.15) is 0 Å². The highest BCUT2D eigenvalue weighted by Gasteiger charge is 2.33. The molecule has 12 heteroatoms. The number of thiophene rings is 1. The van der Waals surface area contributed by atoms with Gasteiger partial charge in [-0.3, -0.25) is 19.1 Å². The van der Waals surface area contributed by atoms with Crippen molar-refractivity contribution in [2.75, 3.05) is 46.3 Å². The van der Waals surface area contributed by atoms with Crippen LogP contribution in [-0.2, 0) is 4.79 Å². The molecular weight excluding hydrogens is 536 g/mol. The van der Waals surface area contributed by atoms with E-state index < -0.39 is 11.9 Å². The van der Waals surface area contributed by atoms with E-state index in [1.165, 1.54) is 11.3 Å². The van der Waals surface area contributed by atoms with E-state index >= 15 is 0 Å². The Hall–Kier alpha value is -3.12. The molecule has 1 aromatic carbocycles. The smallest absolute Gasteiger partial charge is 0.259 e. The molecule has 0 spiro atoms. The number of nitrogens with zero attached hydrogens (tertiary/aromatic N) is 6. The molecule has 206 valence electrons. The fourth-order valence-corrected chi connectivity index (χ4v) is 6.45. The molecule has 2 aliphatic rings. The SMILES string of the molecule is Cc1c(C(N)=O)sc2c1C(c1ccc(Cl)cc1)=NC(CC(=O)NCCCN1CCN(C)CC1)c1nnc(C)n1-2. The lowest BCUT2D eigenvalue weighted by molar-refractivity contribution is -0.121. The van der Waals surface area contributed by atoms with Crippen LogP contribution in [0.4, 0.5) is 0 Å². The molecule has 0 saturated carbocycles. The van der Waals surface area contributed by atoms with Gasteiger partial charge in [0.1, 0.15) is 16.9 Å². The van der Waals surface area contributed by atoms with Gasteiger partial charge in [0.2, 0.25) is 5.91 Å². The number of fused-ring (bicyclic) bond motifs is 3. The monoisotopic (exact) mass is 568 g/mol. The van der Waals surface area contributed by atoms with Crippen LogP contribution in [0.15, 0.2) is 29.3 Å². The first-order chi connectivity index (χ1) is 18.7. The largest absolute Gasteiger partial charge is 0.365 e. The molecule has 2 aliphatic heterocycles.